The molecule has 3 aromatic rings. The lowest BCUT2D eigenvalue weighted by molar-refractivity contribution is 0.102. The number of thiazole rings is 1. The summed E-state index contributed by atoms with van der Waals surface area (Å²) in [6, 6.07) is 10.7. The van der Waals surface area contributed by atoms with E-state index in [-0.39, 0.29) is 5.91 Å². The van der Waals surface area contributed by atoms with Crippen molar-refractivity contribution in [3.63, 3.8) is 0 Å². The molecule has 25 heavy (non-hydrogen) atoms. The van der Waals surface area contributed by atoms with Crippen LogP contribution in [0.1, 0.15) is 10.4 Å². The molecule has 1 aromatic heterocycles. The fraction of sp³-hybridized carbons (Fsp3) is 0.111. The maximum absolute atomic E-state index is 12.5. The molecule has 0 saturated heterocycles. The van der Waals surface area contributed by atoms with Crippen molar-refractivity contribution in [2.75, 3.05) is 18.5 Å². The van der Waals surface area contributed by atoms with Crippen LogP contribution in [-0.2, 0) is 0 Å². The molecule has 0 unspecified atom stereocenters. The van der Waals surface area contributed by atoms with Gasteiger partial charge in [0.25, 0.3) is 5.91 Å². The van der Waals surface area contributed by atoms with E-state index in [1.165, 1.54) is 0 Å². The van der Waals surface area contributed by atoms with E-state index in [1.807, 2.05) is 29.6 Å². The molecule has 126 valence electrons. The van der Waals surface area contributed by atoms with Crippen LogP contribution < -0.4 is 14.8 Å². The summed E-state index contributed by atoms with van der Waals surface area (Å²) in [7, 11) is 0. The SMILES string of the molecule is O=C(Nc1ccc(-c2nccs2)cc1)c1cc(Cl)c2c(c1)OCCO2. The number of benzene rings is 2. The second kappa shape index (κ2) is 6.74. The molecule has 0 aliphatic carbocycles. The smallest absolute Gasteiger partial charge is 0.255 e. The number of ether oxygens (including phenoxy) is 2. The van der Waals surface area contributed by atoms with Crippen LogP contribution in [-0.4, -0.2) is 24.1 Å². The zero-order chi connectivity index (χ0) is 17.2. The van der Waals surface area contributed by atoms with Gasteiger partial charge < -0.3 is 14.8 Å². The Labute approximate surface area is 153 Å². The number of rotatable bonds is 3. The number of halogens is 1. The van der Waals surface area contributed by atoms with Crippen molar-refractivity contribution in [1.82, 2.24) is 4.98 Å². The lowest BCUT2D eigenvalue weighted by atomic mass is 10.1. The van der Waals surface area contributed by atoms with Gasteiger partial charge in [-0.15, -0.1) is 11.3 Å². The number of hydrogen-bond donors (Lipinski definition) is 1. The Morgan fingerprint density at radius 2 is 1.96 bits per heavy atom. The molecule has 5 nitrogen and oxygen atoms in total. The Morgan fingerprint density at radius 1 is 1.16 bits per heavy atom. The third-order valence-corrected chi connectivity index (χ3v) is 4.78. The van der Waals surface area contributed by atoms with Crippen LogP contribution in [0.25, 0.3) is 10.6 Å². The molecule has 1 amide bonds. The van der Waals surface area contributed by atoms with Crippen LogP contribution >= 0.6 is 22.9 Å². The van der Waals surface area contributed by atoms with Crippen LogP contribution in [0.15, 0.2) is 48.0 Å². The Kier molecular flexibility index (Phi) is 4.29. The molecule has 2 heterocycles. The van der Waals surface area contributed by atoms with Crippen LogP contribution in [0.5, 0.6) is 11.5 Å². The van der Waals surface area contributed by atoms with E-state index in [2.05, 4.69) is 10.3 Å². The molecule has 0 spiro atoms. The number of hydrogen-bond acceptors (Lipinski definition) is 5. The minimum atomic E-state index is -0.263. The molecule has 0 radical (unpaired) electrons. The van der Waals surface area contributed by atoms with Crippen molar-refractivity contribution < 1.29 is 14.3 Å². The van der Waals surface area contributed by atoms with Gasteiger partial charge in [0.15, 0.2) is 11.5 Å². The monoisotopic (exact) mass is 372 g/mol. The largest absolute Gasteiger partial charge is 0.486 e. The van der Waals surface area contributed by atoms with Gasteiger partial charge in [0.2, 0.25) is 0 Å². The van der Waals surface area contributed by atoms with Gasteiger partial charge in [-0.1, -0.05) is 11.6 Å². The second-order valence-corrected chi connectivity index (χ2v) is 6.65. The molecule has 1 aliphatic rings. The lowest BCUT2D eigenvalue weighted by Gasteiger charge is -2.20. The summed E-state index contributed by atoms with van der Waals surface area (Å²) in [6.07, 6.45) is 1.77. The molecule has 0 saturated carbocycles. The van der Waals surface area contributed by atoms with Crippen LogP contribution in [0.2, 0.25) is 5.02 Å². The average Bonchev–Trinajstić information content (AvgIpc) is 3.17. The molecular weight excluding hydrogens is 360 g/mol. The first kappa shape index (κ1) is 15.9. The average molecular weight is 373 g/mol. The molecule has 0 bridgehead atoms. The fourth-order valence-electron chi connectivity index (χ4n) is 2.51. The van der Waals surface area contributed by atoms with Crippen molar-refractivity contribution >= 4 is 34.5 Å². The standard InChI is InChI=1S/C18H13ClN2O3S/c19-14-9-12(10-15-16(14)24-7-6-23-15)17(22)21-13-3-1-11(2-4-13)18-20-5-8-25-18/h1-5,8-10H,6-7H2,(H,21,22). The Bertz CT molecular complexity index is 911. The van der Waals surface area contributed by atoms with E-state index in [4.69, 9.17) is 21.1 Å². The van der Waals surface area contributed by atoms with E-state index in [0.717, 1.165) is 10.6 Å². The summed E-state index contributed by atoms with van der Waals surface area (Å²) in [5.74, 6) is 0.709. The minimum Gasteiger partial charge on any atom is -0.486 e. The number of carbonyl (C=O) groups excluding carboxylic acids is 1. The van der Waals surface area contributed by atoms with E-state index < -0.39 is 0 Å². The predicted octanol–water partition coefficient (Wildman–Crippen LogP) is 4.49. The van der Waals surface area contributed by atoms with Crippen LogP contribution in [0.3, 0.4) is 0 Å². The third-order valence-electron chi connectivity index (χ3n) is 3.68. The molecule has 0 atom stereocenters. The Balaban J connectivity index is 1.53. The van der Waals surface area contributed by atoms with Gasteiger partial charge in [-0.3, -0.25) is 4.79 Å². The zero-order valence-electron chi connectivity index (χ0n) is 13.0. The summed E-state index contributed by atoms with van der Waals surface area (Å²) in [5, 5.41) is 6.08. The number of nitrogens with zero attached hydrogens (tertiary/aromatic N) is 1. The number of anilines is 1. The van der Waals surface area contributed by atoms with Crippen molar-refractivity contribution in [2.45, 2.75) is 0 Å². The molecule has 1 aliphatic heterocycles. The van der Waals surface area contributed by atoms with E-state index >= 15 is 0 Å². The van der Waals surface area contributed by atoms with Gasteiger partial charge in [0, 0.05) is 28.4 Å². The number of amides is 1. The van der Waals surface area contributed by atoms with Crippen molar-refractivity contribution in [1.29, 1.82) is 0 Å². The van der Waals surface area contributed by atoms with Crippen LogP contribution in [0.4, 0.5) is 5.69 Å². The Morgan fingerprint density at radius 3 is 2.72 bits per heavy atom. The zero-order valence-corrected chi connectivity index (χ0v) is 14.6. The summed E-state index contributed by atoms with van der Waals surface area (Å²) >= 11 is 7.75. The fourth-order valence-corrected chi connectivity index (χ4v) is 3.42. The van der Waals surface area contributed by atoms with E-state index in [9.17, 15) is 4.79 Å². The van der Waals surface area contributed by atoms with Gasteiger partial charge in [0.1, 0.15) is 18.2 Å². The maximum atomic E-state index is 12.5. The normalized spacial score (nSPS) is 12.7. The molecule has 0 fully saturated rings. The summed E-state index contributed by atoms with van der Waals surface area (Å²) in [5.41, 5.74) is 2.12. The topological polar surface area (TPSA) is 60.5 Å². The predicted molar refractivity (Wildman–Crippen MR) is 97.9 cm³/mol. The lowest BCUT2D eigenvalue weighted by Crippen LogP contribution is -2.17. The highest BCUT2D eigenvalue weighted by atomic mass is 35.5. The van der Waals surface area contributed by atoms with Gasteiger partial charge in [0.05, 0.1) is 5.02 Å². The molecule has 1 N–H and O–H groups in total. The number of carbonyl (C=O) groups is 1. The number of nitrogens with one attached hydrogen (secondary N) is 1. The van der Waals surface area contributed by atoms with Gasteiger partial charge >= 0.3 is 0 Å². The van der Waals surface area contributed by atoms with E-state index in [0.29, 0.717) is 41.0 Å². The van der Waals surface area contributed by atoms with Gasteiger partial charge in [-0.05, 0) is 36.4 Å². The summed E-state index contributed by atoms with van der Waals surface area (Å²) in [6.45, 7) is 0.885. The first-order chi connectivity index (χ1) is 12.2. The number of aromatic nitrogens is 1. The summed E-state index contributed by atoms with van der Waals surface area (Å²) in [4.78, 5) is 16.8. The highest BCUT2D eigenvalue weighted by molar-refractivity contribution is 7.13. The van der Waals surface area contributed by atoms with Crippen LogP contribution in [0, 0.1) is 0 Å². The first-order valence-corrected chi connectivity index (χ1v) is 8.87. The molecule has 4 rings (SSSR count). The summed E-state index contributed by atoms with van der Waals surface area (Å²) < 4.78 is 11.0. The van der Waals surface area contributed by atoms with Crippen molar-refractivity contribution in [3.8, 4) is 22.1 Å². The second-order valence-electron chi connectivity index (χ2n) is 5.35. The highest BCUT2D eigenvalue weighted by Crippen LogP contribution is 2.38. The van der Waals surface area contributed by atoms with Crippen molar-refractivity contribution in [2.24, 2.45) is 0 Å². The molecule has 7 heteroatoms. The highest BCUT2D eigenvalue weighted by Gasteiger charge is 2.19. The third kappa shape index (κ3) is 3.31. The molecular formula is C18H13ClN2O3S. The number of fused-ring (bicyclic) bond motifs is 1. The Hall–Kier alpha value is -2.57. The van der Waals surface area contributed by atoms with Gasteiger partial charge in [-0.25, -0.2) is 4.98 Å². The molecule has 2 aromatic carbocycles. The van der Waals surface area contributed by atoms with E-state index in [1.54, 1.807) is 29.7 Å². The minimum absolute atomic E-state index is 0.263. The van der Waals surface area contributed by atoms with Gasteiger partial charge in [-0.2, -0.15) is 0 Å². The maximum Gasteiger partial charge on any atom is 0.255 e. The quantitative estimate of drug-likeness (QED) is 0.736. The van der Waals surface area contributed by atoms with Crippen molar-refractivity contribution in [3.05, 3.63) is 58.6 Å². The first-order valence-electron chi connectivity index (χ1n) is 7.61.